The zero-order valence-corrected chi connectivity index (χ0v) is 15.7. The van der Waals surface area contributed by atoms with Crippen LogP contribution in [0.4, 0.5) is 13.6 Å². The fourth-order valence-corrected chi connectivity index (χ4v) is 3.13. The summed E-state index contributed by atoms with van der Waals surface area (Å²) >= 11 is 0. The molecule has 0 spiro atoms. The molecular weight excluding hydrogens is 326 g/mol. The summed E-state index contributed by atoms with van der Waals surface area (Å²) in [6.07, 6.45) is 0.415. The highest BCUT2D eigenvalue weighted by atomic mass is 19.1. The molecule has 1 N–H and O–H groups in total. The summed E-state index contributed by atoms with van der Waals surface area (Å²) in [6.45, 7) is 11.0. The first-order valence-electron chi connectivity index (χ1n) is 8.63. The van der Waals surface area contributed by atoms with E-state index in [1.807, 2.05) is 20.8 Å². The van der Waals surface area contributed by atoms with Crippen LogP contribution in [-0.4, -0.2) is 35.7 Å². The molecule has 2 rings (SSSR count). The number of rotatable bonds is 3. The van der Waals surface area contributed by atoms with Gasteiger partial charge in [0.2, 0.25) is 0 Å². The minimum Gasteiger partial charge on any atom is -0.444 e. The van der Waals surface area contributed by atoms with Crippen molar-refractivity contribution in [3.05, 3.63) is 35.4 Å². The molecule has 140 valence electrons. The third-order valence-electron chi connectivity index (χ3n) is 4.43. The van der Waals surface area contributed by atoms with Gasteiger partial charge in [0.25, 0.3) is 0 Å². The molecule has 1 fully saturated rings. The first-order valence-corrected chi connectivity index (χ1v) is 8.63. The number of benzene rings is 1. The van der Waals surface area contributed by atoms with E-state index in [4.69, 9.17) is 4.74 Å². The van der Waals surface area contributed by atoms with Gasteiger partial charge in [-0.2, -0.15) is 0 Å². The number of likely N-dealkylation sites (tertiary alicyclic amines) is 1. The lowest BCUT2D eigenvalue weighted by atomic mass is 9.79. The minimum absolute atomic E-state index is 0.0915. The maximum absolute atomic E-state index is 13.8. The van der Waals surface area contributed by atoms with Crippen LogP contribution in [0.15, 0.2) is 18.2 Å². The van der Waals surface area contributed by atoms with E-state index in [0.29, 0.717) is 18.7 Å². The Bertz CT molecular complexity index is 626. The van der Waals surface area contributed by atoms with Crippen LogP contribution in [0.25, 0.3) is 0 Å². The first kappa shape index (κ1) is 19.6. The number of carbonyl (C=O) groups excluding carboxylic acids is 1. The Morgan fingerprint density at radius 2 is 2.04 bits per heavy atom. The summed E-state index contributed by atoms with van der Waals surface area (Å²) in [5.74, 6) is -0.866. The Balaban J connectivity index is 1.96. The maximum atomic E-state index is 13.8. The predicted octanol–water partition coefficient (Wildman–Crippen LogP) is 4.09. The Labute approximate surface area is 148 Å². The Morgan fingerprint density at radius 1 is 1.36 bits per heavy atom. The highest BCUT2D eigenvalue weighted by Gasteiger charge is 2.38. The molecule has 1 saturated heterocycles. The Hall–Kier alpha value is -1.69. The number of carbonyl (C=O) groups is 1. The smallest absolute Gasteiger partial charge is 0.410 e. The molecule has 1 unspecified atom stereocenters. The summed E-state index contributed by atoms with van der Waals surface area (Å²) in [5.41, 5.74) is -0.421. The number of halogens is 2. The van der Waals surface area contributed by atoms with Gasteiger partial charge in [-0.1, -0.05) is 13.8 Å². The van der Waals surface area contributed by atoms with E-state index < -0.39 is 17.2 Å². The van der Waals surface area contributed by atoms with Crippen molar-refractivity contribution in [2.24, 2.45) is 5.41 Å². The van der Waals surface area contributed by atoms with Crippen molar-refractivity contribution in [2.75, 3.05) is 13.1 Å². The molecule has 0 aromatic heterocycles. The van der Waals surface area contributed by atoms with Crippen molar-refractivity contribution in [2.45, 2.75) is 59.2 Å². The van der Waals surface area contributed by atoms with E-state index in [1.54, 1.807) is 4.90 Å². The fourth-order valence-electron chi connectivity index (χ4n) is 3.13. The van der Waals surface area contributed by atoms with Crippen LogP contribution in [0.3, 0.4) is 0 Å². The van der Waals surface area contributed by atoms with Crippen molar-refractivity contribution in [1.82, 2.24) is 10.2 Å². The summed E-state index contributed by atoms with van der Waals surface area (Å²) in [4.78, 5) is 14.0. The molecule has 1 heterocycles. The molecule has 1 aromatic carbocycles. The van der Waals surface area contributed by atoms with Crippen LogP contribution in [0.5, 0.6) is 0 Å². The average molecular weight is 354 g/mol. The van der Waals surface area contributed by atoms with E-state index in [-0.39, 0.29) is 24.1 Å². The minimum atomic E-state index is -0.523. The zero-order chi connectivity index (χ0) is 18.8. The van der Waals surface area contributed by atoms with Crippen LogP contribution in [0.2, 0.25) is 0 Å². The lowest BCUT2D eigenvalue weighted by Crippen LogP contribution is -2.56. The number of hydrogen-bond donors (Lipinski definition) is 1. The molecule has 1 aromatic rings. The van der Waals surface area contributed by atoms with Gasteiger partial charge in [-0.15, -0.1) is 0 Å². The highest BCUT2D eigenvalue weighted by Crippen LogP contribution is 2.30. The maximum Gasteiger partial charge on any atom is 0.410 e. The second-order valence-corrected chi connectivity index (χ2v) is 8.35. The van der Waals surface area contributed by atoms with Crippen LogP contribution in [0, 0.1) is 17.0 Å². The van der Waals surface area contributed by atoms with Crippen LogP contribution < -0.4 is 5.32 Å². The lowest BCUT2D eigenvalue weighted by Gasteiger charge is -2.44. The van der Waals surface area contributed by atoms with E-state index in [1.165, 1.54) is 6.07 Å². The molecule has 1 aliphatic heterocycles. The Morgan fingerprint density at radius 3 is 2.64 bits per heavy atom. The Kier molecular flexibility index (Phi) is 5.72. The normalized spacial score (nSPS) is 20.4. The molecule has 1 aliphatic rings. The van der Waals surface area contributed by atoms with E-state index in [2.05, 4.69) is 19.2 Å². The van der Waals surface area contributed by atoms with Crippen LogP contribution in [-0.2, 0) is 11.3 Å². The van der Waals surface area contributed by atoms with Crippen LogP contribution in [0.1, 0.15) is 46.6 Å². The quantitative estimate of drug-likeness (QED) is 0.889. The molecule has 0 saturated carbocycles. The molecular formula is C19H28F2N2O2. The summed E-state index contributed by atoms with van der Waals surface area (Å²) in [7, 11) is 0. The van der Waals surface area contributed by atoms with Crippen molar-refractivity contribution in [3.63, 3.8) is 0 Å². The third-order valence-corrected chi connectivity index (χ3v) is 4.43. The molecule has 6 heteroatoms. The number of amides is 1. The van der Waals surface area contributed by atoms with Gasteiger partial charge in [-0.25, -0.2) is 13.6 Å². The van der Waals surface area contributed by atoms with Crippen molar-refractivity contribution < 1.29 is 18.3 Å². The molecule has 0 radical (unpaired) electrons. The third kappa shape index (κ3) is 5.39. The van der Waals surface area contributed by atoms with Gasteiger partial charge in [0.15, 0.2) is 0 Å². The van der Waals surface area contributed by atoms with Gasteiger partial charge in [0.1, 0.15) is 17.2 Å². The molecule has 25 heavy (non-hydrogen) atoms. The van der Waals surface area contributed by atoms with Gasteiger partial charge < -0.3 is 15.0 Å². The number of nitrogens with zero attached hydrogens (tertiary/aromatic N) is 1. The summed E-state index contributed by atoms with van der Waals surface area (Å²) in [6, 6.07) is 3.56. The standard InChI is InChI=1S/C19H28F2N2O2/c1-18(2,3)25-17(24)23-9-8-16(19(4,5)12-23)22-11-13-10-14(20)6-7-15(13)21/h6-7,10,16,22H,8-9,11-12H2,1-5H3. The number of piperidine rings is 1. The lowest BCUT2D eigenvalue weighted by molar-refractivity contribution is 0.00205. The highest BCUT2D eigenvalue weighted by molar-refractivity contribution is 5.68. The van der Waals surface area contributed by atoms with Gasteiger partial charge in [0, 0.05) is 31.2 Å². The SMILES string of the molecule is CC(C)(C)OC(=O)N1CCC(NCc2cc(F)ccc2F)C(C)(C)C1. The molecule has 1 amide bonds. The van der Waals surface area contributed by atoms with Crippen molar-refractivity contribution in [1.29, 1.82) is 0 Å². The van der Waals surface area contributed by atoms with Gasteiger partial charge in [-0.3, -0.25) is 0 Å². The number of nitrogens with one attached hydrogen (secondary N) is 1. The second kappa shape index (κ2) is 7.28. The summed E-state index contributed by atoms with van der Waals surface area (Å²) < 4.78 is 32.5. The van der Waals surface area contributed by atoms with Crippen LogP contribution >= 0.6 is 0 Å². The molecule has 0 aliphatic carbocycles. The number of hydrogen-bond acceptors (Lipinski definition) is 3. The average Bonchev–Trinajstić information content (AvgIpc) is 2.46. The van der Waals surface area contributed by atoms with Crippen molar-refractivity contribution in [3.8, 4) is 0 Å². The van der Waals surface area contributed by atoms with Gasteiger partial charge >= 0.3 is 6.09 Å². The molecule has 1 atom stereocenters. The predicted molar refractivity (Wildman–Crippen MR) is 93.2 cm³/mol. The molecule has 0 bridgehead atoms. The van der Waals surface area contributed by atoms with Crippen molar-refractivity contribution >= 4 is 6.09 Å². The van der Waals surface area contributed by atoms with Gasteiger partial charge in [0.05, 0.1) is 0 Å². The van der Waals surface area contributed by atoms with E-state index in [0.717, 1.165) is 18.6 Å². The second-order valence-electron chi connectivity index (χ2n) is 8.35. The topological polar surface area (TPSA) is 41.6 Å². The first-order chi connectivity index (χ1) is 11.5. The van der Waals surface area contributed by atoms with E-state index in [9.17, 15) is 13.6 Å². The largest absolute Gasteiger partial charge is 0.444 e. The van der Waals surface area contributed by atoms with E-state index >= 15 is 0 Å². The number of ether oxygens (including phenoxy) is 1. The zero-order valence-electron chi connectivity index (χ0n) is 15.7. The van der Waals surface area contributed by atoms with Gasteiger partial charge in [-0.05, 0) is 50.8 Å². The summed E-state index contributed by atoms with van der Waals surface area (Å²) in [5, 5.41) is 3.32. The molecule has 4 nitrogen and oxygen atoms in total. The monoisotopic (exact) mass is 354 g/mol. The fraction of sp³-hybridized carbons (Fsp3) is 0.632.